The second-order valence-electron chi connectivity index (χ2n) is 6.84. The number of piperidine rings is 1. The maximum atomic E-state index is 12.7. The Morgan fingerprint density at radius 2 is 2.27 bits per heavy atom. The van der Waals surface area contributed by atoms with Crippen molar-refractivity contribution >= 4 is 46.0 Å². The molecule has 1 aliphatic heterocycles. The summed E-state index contributed by atoms with van der Waals surface area (Å²) in [6.07, 6.45) is 7.00. The Bertz CT molecular complexity index is 1080. The number of rotatable bonds is 6. The van der Waals surface area contributed by atoms with Crippen molar-refractivity contribution in [3.05, 3.63) is 36.3 Å². The number of halogens is 3. The topological polar surface area (TPSA) is 104 Å². The third-order valence-corrected chi connectivity index (χ3v) is 5.09. The summed E-state index contributed by atoms with van der Waals surface area (Å²) in [5.41, 5.74) is 0.801. The minimum atomic E-state index is -2.74. The van der Waals surface area contributed by atoms with Crippen LogP contribution in [-0.2, 0) is 4.79 Å². The van der Waals surface area contributed by atoms with Gasteiger partial charge >= 0.3 is 6.55 Å². The highest BCUT2D eigenvalue weighted by Crippen LogP contribution is 2.31. The monoisotopic (exact) mass is 436 g/mol. The van der Waals surface area contributed by atoms with Gasteiger partial charge in [0.1, 0.15) is 11.5 Å². The van der Waals surface area contributed by atoms with E-state index in [1.807, 2.05) is 0 Å². The van der Waals surface area contributed by atoms with E-state index in [0.717, 1.165) is 19.0 Å². The summed E-state index contributed by atoms with van der Waals surface area (Å²) in [5.74, 6) is 0.549. The van der Waals surface area contributed by atoms with Crippen molar-refractivity contribution in [2.45, 2.75) is 25.4 Å². The molecular weight excluding hydrogens is 418 g/mol. The third kappa shape index (κ3) is 4.06. The van der Waals surface area contributed by atoms with Crippen molar-refractivity contribution in [3.8, 4) is 0 Å². The fraction of sp³-hybridized carbons (Fsp3) is 0.333. The molecule has 0 spiro atoms. The summed E-state index contributed by atoms with van der Waals surface area (Å²) < 4.78 is 26.0. The summed E-state index contributed by atoms with van der Waals surface area (Å²) >= 11 is 6.30. The summed E-state index contributed by atoms with van der Waals surface area (Å²) in [5, 5.41) is 10.9. The second-order valence-corrected chi connectivity index (χ2v) is 7.25. The standard InChI is InChI=1S/C18H19ClF2N8O/c1-2-13(30)28-5-3-4-10(8-28)24-16-14-12(19)7-22-15(14)26-18(27-16)25-11-6-23-29(9-11)17(20)21/h2,6-7,9-10,17H,1,3-5,8H2,(H3,22,24,25,26,27)/t10-/m1/s1. The van der Waals surface area contributed by atoms with E-state index in [2.05, 4.69) is 37.3 Å². The fourth-order valence-electron chi connectivity index (χ4n) is 3.41. The number of amides is 1. The van der Waals surface area contributed by atoms with Gasteiger partial charge in [-0.1, -0.05) is 18.2 Å². The number of fused-ring (bicyclic) bond motifs is 1. The first-order valence-electron chi connectivity index (χ1n) is 9.26. The van der Waals surface area contributed by atoms with Crippen LogP contribution in [-0.4, -0.2) is 54.7 Å². The van der Waals surface area contributed by atoms with Crippen LogP contribution in [0.15, 0.2) is 31.2 Å². The Morgan fingerprint density at radius 3 is 3.00 bits per heavy atom. The summed E-state index contributed by atoms with van der Waals surface area (Å²) in [7, 11) is 0. The molecule has 0 aromatic carbocycles. The van der Waals surface area contributed by atoms with Crippen molar-refractivity contribution in [2.75, 3.05) is 23.7 Å². The normalized spacial score (nSPS) is 16.8. The lowest BCUT2D eigenvalue weighted by molar-refractivity contribution is -0.127. The van der Waals surface area contributed by atoms with Crippen LogP contribution in [0.1, 0.15) is 19.4 Å². The van der Waals surface area contributed by atoms with Gasteiger partial charge < -0.3 is 20.5 Å². The minimum Gasteiger partial charge on any atom is -0.365 e. The highest BCUT2D eigenvalue weighted by Gasteiger charge is 2.24. The van der Waals surface area contributed by atoms with E-state index in [0.29, 0.717) is 45.3 Å². The quantitative estimate of drug-likeness (QED) is 0.511. The third-order valence-electron chi connectivity index (χ3n) is 4.79. The fourth-order valence-corrected chi connectivity index (χ4v) is 3.65. The number of anilines is 3. The first kappa shape index (κ1) is 20.1. The molecule has 12 heteroatoms. The van der Waals surface area contributed by atoms with Gasteiger partial charge in [-0.2, -0.15) is 23.8 Å². The Hall–Kier alpha value is -3.21. The molecule has 30 heavy (non-hydrogen) atoms. The molecule has 0 saturated carbocycles. The maximum Gasteiger partial charge on any atom is 0.333 e. The molecule has 1 aliphatic rings. The number of aromatic amines is 1. The van der Waals surface area contributed by atoms with E-state index in [-0.39, 0.29) is 17.9 Å². The van der Waals surface area contributed by atoms with E-state index in [4.69, 9.17) is 11.6 Å². The zero-order chi connectivity index (χ0) is 21.3. The van der Waals surface area contributed by atoms with Crippen LogP contribution in [0.2, 0.25) is 5.02 Å². The van der Waals surface area contributed by atoms with E-state index < -0.39 is 6.55 Å². The van der Waals surface area contributed by atoms with Gasteiger partial charge in [-0.25, -0.2) is 4.68 Å². The van der Waals surface area contributed by atoms with Crippen LogP contribution in [0.4, 0.5) is 26.2 Å². The number of nitrogens with zero attached hydrogens (tertiary/aromatic N) is 5. The minimum absolute atomic E-state index is 0.0406. The molecular formula is C18H19ClF2N8O. The van der Waals surface area contributed by atoms with Gasteiger partial charge in [0.15, 0.2) is 0 Å². The SMILES string of the molecule is C=CC(=O)N1CCC[C@@H](Nc2nc(Nc3cnn(C(F)F)c3)nc3[nH]cc(Cl)c23)C1. The van der Waals surface area contributed by atoms with Gasteiger partial charge in [0.05, 0.1) is 28.5 Å². The van der Waals surface area contributed by atoms with Gasteiger partial charge in [0.2, 0.25) is 11.9 Å². The zero-order valence-electron chi connectivity index (χ0n) is 15.8. The number of hydrogen-bond donors (Lipinski definition) is 3. The predicted molar refractivity (Wildman–Crippen MR) is 109 cm³/mol. The van der Waals surface area contributed by atoms with Crippen LogP contribution < -0.4 is 10.6 Å². The first-order valence-corrected chi connectivity index (χ1v) is 9.64. The lowest BCUT2D eigenvalue weighted by Gasteiger charge is -2.33. The molecule has 0 unspecified atom stereocenters. The number of carbonyl (C=O) groups is 1. The van der Waals surface area contributed by atoms with Crippen LogP contribution in [0, 0.1) is 0 Å². The summed E-state index contributed by atoms with van der Waals surface area (Å²) in [4.78, 5) is 25.5. The van der Waals surface area contributed by atoms with Crippen LogP contribution in [0.25, 0.3) is 11.0 Å². The molecule has 0 radical (unpaired) electrons. The molecule has 3 N–H and O–H groups in total. The van der Waals surface area contributed by atoms with E-state index >= 15 is 0 Å². The molecule has 1 amide bonds. The van der Waals surface area contributed by atoms with E-state index in [1.165, 1.54) is 12.3 Å². The molecule has 3 aromatic rings. The first-order chi connectivity index (χ1) is 14.4. The molecule has 1 atom stereocenters. The highest BCUT2D eigenvalue weighted by molar-refractivity contribution is 6.36. The van der Waals surface area contributed by atoms with Gasteiger partial charge in [0, 0.05) is 25.3 Å². The number of H-pyrrole nitrogens is 1. The second kappa shape index (κ2) is 8.27. The molecule has 4 heterocycles. The largest absolute Gasteiger partial charge is 0.365 e. The zero-order valence-corrected chi connectivity index (χ0v) is 16.5. The molecule has 4 rings (SSSR count). The van der Waals surface area contributed by atoms with E-state index in [9.17, 15) is 13.6 Å². The Balaban J connectivity index is 1.60. The van der Waals surface area contributed by atoms with E-state index in [1.54, 1.807) is 11.1 Å². The molecule has 158 valence electrons. The van der Waals surface area contributed by atoms with Crippen LogP contribution in [0.5, 0.6) is 0 Å². The lowest BCUT2D eigenvalue weighted by Crippen LogP contribution is -2.44. The molecule has 0 bridgehead atoms. The molecule has 0 aliphatic carbocycles. The van der Waals surface area contributed by atoms with Crippen molar-refractivity contribution < 1.29 is 13.6 Å². The smallest absolute Gasteiger partial charge is 0.333 e. The van der Waals surface area contributed by atoms with Crippen molar-refractivity contribution in [2.24, 2.45) is 0 Å². The number of likely N-dealkylation sites (tertiary alicyclic amines) is 1. The predicted octanol–water partition coefficient (Wildman–Crippen LogP) is 3.54. The average Bonchev–Trinajstić information content (AvgIpc) is 3.35. The molecule has 3 aromatic heterocycles. The molecule has 1 fully saturated rings. The summed E-state index contributed by atoms with van der Waals surface area (Å²) in [6, 6.07) is -0.0406. The number of aromatic nitrogens is 5. The number of alkyl halides is 2. The number of nitrogens with one attached hydrogen (secondary N) is 3. The Kier molecular flexibility index (Phi) is 5.53. The maximum absolute atomic E-state index is 12.7. The molecule has 9 nitrogen and oxygen atoms in total. The van der Waals surface area contributed by atoms with Crippen molar-refractivity contribution in [1.29, 1.82) is 0 Å². The Labute approximate surface area is 175 Å². The number of hydrogen-bond acceptors (Lipinski definition) is 6. The van der Waals surface area contributed by atoms with Crippen molar-refractivity contribution in [1.82, 2.24) is 29.6 Å². The number of carbonyl (C=O) groups excluding carboxylic acids is 1. The van der Waals surface area contributed by atoms with Gasteiger partial charge in [0.25, 0.3) is 0 Å². The summed E-state index contributed by atoms with van der Waals surface area (Å²) in [6.45, 7) is 1.98. The Morgan fingerprint density at radius 1 is 1.43 bits per heavy atom. The van der Waals surface area contributed by atoms with Gasteiger partial charge in [-0.3, -0.25) is 4.79 Å². The highest BCUT2D eigenvalue weighted by atomic mass is 35.5. The average molecular weight is 437 g/mol. The van der Waals surface area contributed by atoms with Crippen molar-refractivity contribution in [3.63, 3.8) is 0 Å². The van der Waals surface area contributed by atoms with Crippen LogP contribution >= 0.6 is 11.6 Å². The van der Waals surface area contributed by atoms with Gasteiger partial charge in [-0.05, 0) is 18.9 Å². The lowest BCUT2D eigenvalue weighted by atomic mass is 10.1. The van der Waals surface area contributed by atoms with Crippen LogP contribution in [0.3, 0.4) is 0 Å². The van der Waals surface area contributed by atoms with Gasteiger partial charge in [-0.15, -0.1) is 0 Å². The molecule has 1 saturated heterocycles.